The van der Waals surface area contributed by atoms with Gasteiger partial charge >= 0.3 is 0 Å². The van der Waals surface area contributed by atoms with Crippen LogP contribution in [-0.4, -0.2) is 13.1 Å². The van der Waals surface area contributed by atoms with Gasteiger partial charge in [-0.1, -0.05) is 106 Å². The van der Waals surface area contributed by atoms with E-state index in [0.29, 0.717) is 11.8 Å². The van der Waals surface area contributed by atoms with E-state index < -0.39 is 0 Å². The van der Waals surface area contributed by atoms with Gasteiger partial charge in [-0.2, -0.15) is 0 Å². The molecule has 182 valence electrons. The molecule has 0 aromatic heterocycles. The summed E-state index contributed by atoms with van der Waals surface area (Å²) in [5, 5.41) is 0. The minimum Gasteiger partial charge on any atom is -0.341 e. The molecule has 2 heteroatoms. The molecule has 0 unspecified atom stereocenters. The van der Waals surface area contributed by atoms with Gasteiger partial charge in [-0.15, -0.1) is 0 Å². The summed E-state index contributed by atoms with van der Waals surface area (Å²) >= 11 is 0. The fourth-order valence-electron chi connectivity index (χ4n) is 4.41. The van der Waals surface area contributed by atoms with Crippen molar-refractivity contribution in [3.63, 3.8) is 0 Å². The lowest BCUT2D eigenvalue weighted by Gasteiger charge is -2.40. The van der Waals surface area contributed by atoms with Gasteiger partial charge in [0.1, 0.15) is 0 Å². The van der Waals surface area contributed by atoms with Crippen molar-refractivity contribution in [2.45, 2.75) is 34.1 Å². The van der Waals surface area contributed by atoms with Crippen LogP contribution < -0.4 is 9.80 Å². The summed E-state index contributed by atoms with van der Waals surface area (Å²) in [5.74, 6) is 0.751. The average Bonchev–Trinajstić information content (AvgIpc) is 2.90. The zero-order chi connectivity index (χ0) is 24.9. The third kappa shape index (κ3) is 7.23. The van der Waals surface area contributed by atoms with Crippen LogP contribution in [0.15, 0.2) is 133 Å². The maximum absolute atomic E-state index is 2.45. The lowest BCUT2D eigenvalue weighted by molar-refractivity contribution is 0.473. The van der Waals surface area contributed by atoms with Crippen LogP contribution in [0.3, 0.4) is 0 Å². The number of para-hydroxylation sites is 2. The van der Waals surface area contributed by atoms with E-state index >= 15 is 0 Å². The lowest BCUT2D eigenvalue weighted by atomic mass is 9.84. The Kier molecular flexibility index (Phi) is 10.4. The van der Waals surface area contributed by atoms with Crippen LogP contribution in [0, 0.1) is 11.8 Å². The summed E-state index contributed by atoms with van der Waals surface area (Å²) in [4.78, 5) is 4.89. The maximum Gasteiger partial charge on any atom is 0.0411 e. The third-order valence-corrected chi connectivity index (χ3v) is 6.50. The summed E-state index contributed by atoms with van der Waals surface area (Å²) in [6.07, 6.45) is 23.0. The van der Waals surface area contributed by atoms with Crippen molar-refractivity contribution in [3.8, 4) is 0 Å². The second-order valence-electron chi connectivity index (χ2n) is 8.87. The molecule has 35 heavy (non-hydrogen) atoms. The first-order valence-electron chi connectivity index (χ1n) is 12.8. The average molecular weight is 465 g/mol. The highest BCUT2D eigenvalue weighted by Gasteiger charge is 2.30. The summed E-state index contributed by atoms with van der Waals surface area (Å²) in [5.41, 5.74) is 5.17. The van der Waals surface area contributed by atoms with Gasteiger partial charge < -0.3 is 9.80 Å². The monoisotopic (exact) mass is 464 g/mol. The molecule has 0 fully saturated rings. The van der Waals surface area contributed by atoms with Crippen LogP contribution in [0.25, 0.3) is 0 Å². The number of hydrogen-bond acceptors (Lipinski definition) is 2. The molecular weight excluding hydrogens is 424 g/mol. The van der Waals surface area contributed by atoms with Crippen molar-refractivity contribution in [2.75, 3.05) is 22.9 Å². The van der Waals surface area contributed by atoms with E-state index in [-0.39, 0.29) is 0 Å². The van der Waals surface area contributed by atoms with Crippen LogP contribution in [0.2, 0.25) is 0 Å². The Morgan fingerprint density at radius 1 is 0.629 bits per heavy atom. The van der Waals surface area contributed by atoms with E-state index in [1.807, 2.05) is 6.92 Å². The fourth-order valence-corrected chi connectivity index (χ4v) is 4.41. The molecule has 0 N–H and O–H groups in total. The Balaban J connectivity index is 1.96. The van der Waals surface area contributed by atoms with Gasteiger partial charge in [0, 0.05) is 47.7 Å². The molecule has 2 nitrogen and oxygen atoms in total. The molecule has 3 rings (SSSR count). The summed E-state index contributed by atoms with van der Waals surface area (Å²) < 4.78 is 0. The van der Waals surface area contributed by atoms with Gasteiger partial charge in [0.25, 0.3) is 0 Å². The van der Waals surface area contributed by atoms with Crippen molar-refractivity contribution in [3.05, 3.63) is 133 Å². The molecule has 0 heterocycles. The Morgan fingerprint density at radius 2 is 1.06 bits per heavy atom. The van der Waals surface area contributed by atoms with E-state index in [1.165, 1.54) is 22.8 Å². The summed E-state index contributed by atoms with van der Waals surface area (Å²) in [7, 11) is 0. The van der Waals surface area contributed by atoms with Crippen molar-refractivity contribution in [2.24, 2.45) is 11.8 Å². The molecule has 0 aliphatic heterocycles. The van der Waals surface area contributed by atoms with Crippen molar-refractivity contribution < 1.29 is 0 Å². The first-order valence-corrected chi connectivity index (χ1v) is 12.8. The quantitative estimate of drug-likeness (QED) is 0.307. The normalized spacial score (nSPS) is 18.5. The molecule has 0 bridgehead atoms. The highest BCUT2D eigenvalue weighted by atomic mass is 15.2. The molecule has 1 aliphatic rings. The largest absolute Gasteiger partial charge is 0.341 e. The van der Waals surface area contributed by atoms with Crippen LogP contribution in [-0.2, 0) is 0 Å². The molecule has 0 spiro atoms. The Bertz CT molecular complexity index is 1070. The highest BCUT2D eigenvalue weighted by molar-refractivity contribution is 5.58. The molecular formula is C33H40N2. The standard InChI is InChI=1S/C33H40N2/c1-5-7-9-11-19-27-35(31-22-16-13-17-23-31)33-25-24-32(28(3)29(33)4)34(26-18-10-8-6-2)30-20-14-12-15-21-30/h6-25,28-29H,5,26-27H2,1-4H3/b8-6-,9-7-,18-10-,19-11-/t28-,29+/m1/s1. The Labute approximate surface area is 213 Å². The molecule has 1 aliphatic carbocycles. The molecule has 0 saturated heterocycles. The number of hydrogen-bond donors (Lipinski definition) is 0. The van der Waals surface area contributed by atoms with E-state index in [1.54, 1.807) is 0 Å². The van der Waals surface area contributed by atoms with Gasteiger partial charge in [0.05, 0.1) is 0 Å². The second kappa shape index (κ2) is 14.0. The van der Waals surface area contributed by atoms with Gasteiger partial charge in [-0.3, -0.25) is 0 Å². The first kappa shape index (κ1) is 26.1. The van der Waals surface area contributed by atoms with Gasteiger partial charge in [0.2, 0.25) is 0 Å². The Hall–Kier alpha value is -3.52. The summed E-state index contributed by atoms with van der Waals surface area (Å²) in [6.45, 7) is 10.6. The fraction of sp³-hybridized carbons (Fsp3) is 0.273. The smallest absolute Gasteiger partial charge is 0.0411 e. The minimum atomic E-state index is 0.375. The van der Waals surface area contributed by atoms with Crippen LogP contribution in [0.1, 0.15) is 34.1 Å². The second-order valence-corrected chi connectivity index (χ2v) is 8.87. The zero-order valence-electron chi connectivity index (χ0n) is 21.7. The lowest BCUT2D eigenvalue weighted by Crippen LogP contribution is -2.36. The highest BCUT2D eigenvalue weighted by Crippen LogP contribution is 2.38. The van der Waals surface area contributed by atoms with Crippen LogP contribution in [0.5, 0.6) is 0 Å². The van der Waals surface area contributed by atoms with Crippen LogP contribution >= 0.6 is 0 Å². The van der Waals surface area contributed by atoms with Crippen molar-refractivity contribution in [1.29, 1.82) is 0 Å². The zero-order valence-corrected chi connectivity index (χ0v) is 21.7. The number of nitrogens with zero attached hydrogens (tertiary/aromatic N) is 2. The van der Waals surface area contributed by atoms with E-state index in [0.717, 1.165) is 19.5 Å². The van der Waals surface area contributed by atoms with Crippen LogP contribution in [0.4, 0.5) is 11.4 Å². The minimum absolute atomic E-state index is 0.375. The van der Waals surface area contributed by atoms with E-state index in [4.69, 9.17) is 0 Å². The number of allylic oxidation sites excluding steroid dienone is 10. The van der Waals surface area contributed by atoms with Gasteiger partial charge in [-0.25, -0.2) is 0 Å². The summed E-state index contributed by atoms with van der Waals surface area (Å²) in [6, 6.07) is 21.5. The van der Waals surface area contributed by atoms with Crippen molar-refractivity contribution >= 4 is 11.4 Å². The first-order chi connectivity index (χ1) is 17.2. The number of benzene rings is 2. The number of anilines is 2. The Morgan fingerprint density at radius 3 is 1.49 bits per heavy atom. The molecule has 2 aromatic rings. The molecule has 0 radical (unpaired) electrons. The SMILES string of the molecule is C/C=C\C=C/CN(C1=CC=C(N(C/C=C\C=C/CC)c2ccccc2)[C@@H](C)[C@H]1C)c1ccccc1. The van der Waals surface area contributed by atoms with E-state index in [2.05, 4.69) is 152 Å². The molecule has 2 aromatic carbocycles. The van der Waals surface area contributed by atoms with E-state index in [9.17, 15) is 0 Å². The molecule has 0 amide bonds. The van der Waals surface area contributed by atoms with Gasteiger partial charge in [-0.05, 0) is 49.8 Å². The number of rotatable bonds is 11. The van der Waals surface area contributed by atoms with Gasteiger partial charge in [0.15, 0.2) is 0 Å². The van der Waals surface area contributed by atoms with Crippen molar-refractivity contribution in [1.82, 2.24) is 0 Å². The third-order valence-electron chi connectivity index (χ3n) is 6.50. The predicted octanol–water partition coefficient (Wildman–Crippen LogP) is 8.71. The predicted molar refractivity (Wildman–Crippen MR) is 155 cm³/mol. The maximum atomic E-state index is 2.45. The molecule has 2 atom stereocenters. The topological polar surface area (TPSA) is 6.48 Å². The molecule has 0 saturated carbocycles.